The molecule has 0 aromatic carbocycles. The lowest BCUT2D eigenvalue weighted by Gasteiger charge is -2.26. The van der Waals surface area contributed by atoms with Crippen LogP contribution in [0.2, 0.25) is 19.1 Å². The van der Waals surface area contributed by atoms with Gasteiger partial charge >= 0.3 is 0 Å². The Bertz CT molecular complexity index is 271. The second-order valence-electron chi connectivity index (χ2n) is 7.00. The van der Waals surface area contributed by atoms with Crippen LogP contribution in [0.4, 0.5) is 0 Å². The highest BCUT2D eigenvalue weighted by atomic mass is 28.4. The zero-order valence-corrected chi connectivity index (χ0v) is 15.2. The minimum Gasteiger partial charge on any atom is -0.547 e. The molecule has 1 rings (SSSR count). The van der Waals surface area contributed by atoms with Crippen LogP contribution in [-0.4, -0.2) is 8.32 Å². The van der Waals surface area contributed by atoms with Gasteiger partial charge in [-0.25, -0.2) is 0 Å². The lowest BCUT2D eigenvalue weighted by molar-refractivity contribution is 0.379. The Morgan fingerprint density at radius 1 is 0.950 bits per heavy atom. The fourth-order valence-corrected chi connectivity index (χ4v) is 5.17. The summed E-state index contributed by atoms with van der Waals surface area (Å²) in [5, 5.41) is 0. The average Bonchev–Trinajstić information content (AvgIpc) is 2.39. The molecule has 0 unspecified atom stereocenters. The molecule has 0 spiro atoms. The van der Waals surface area contributed by atoms with Crippen LogP contribution in [0.15, 0.2) is 11.8 Å². The van der Waals surface area contributed by atoms with Gasteiger partial charge in [0, 0.05) is 6.42 Å². The van der Waals surface area contributed by atoms with Gasteiger partial charge in [0.25, 0.3) is 0 Å². The fourth-order valence-electron chi connectivity index (χ4n) is 2.97. The van der Waals surface area contributed by atoms with Crippen molar-refractivity contribution in [3.63, 3.8) is 0 Å². The van der Waals surface area contributed by atoms with Gasteiger partial charge in [0.15, 0.2) is 0 Å². The van der Waals surface area contributed by atoms with E-state index in [0.717, 1.165) is 0 Å². The number of hydrogen-bond acceptors (Lipinski definition) is 1. The van der Waals surface area contributed by atoms with Gasteiger partial charge in [-0.2, -0.15) is 0 Å². The zero-order valence-electron chi connectivity index (χ0n) is 14.2. The van der Waals surface area contributed by atoms with E-state index in [0.29, 0.717) is 0 Å². The summed E-state index contributed by atoms with van der Waals surface area (Å²) in [5.41, 5.74) is 0. The molecule has 0 heterocycles. The van der Waals surface area contributed by atoms with Gasteiger partial charge in [0.05, 0.1) is 5.76 Å². The standard InChI is InChI=1S/C18H36OSi/c1-4-5-17-20(2,3)19-18-15-13-11-9-7-6-8-10-12-14-16-18/h15H,4-14,16-17H2,1-3H3/b18-15+. The van der Waals surface area contributed by atoms with E-state index in [1.54, 1.807) is 0 Å². The van der Waals surface area contributed by atoms with Crippen molar-refractivity contribution >= 4 is 8.32 Å². The maximum atomic E-state index is 6.48. The Hall–Kier alpha value is -0.243. The predicted molar refractivity (Wildman–Crippen MR) is 92.5 cm³/mol. The smallest absolute Gasteiger partial charge is 0.244 e. The third-order valence-corrected chi connectivity index (χ3v) is 6.66. The van der Waals surface area contributed by atoms with Gasteiger partial charge in [-0.3, -0.25) is 0 Å². The topological polar surface area (TPSA) is 9.23 Å². The molecule has 20 heavy (non-hydrogen) atoms. The molecule has 0 saturated carbocycles. The van der Waals surface area contributed by atoms with Crippen molar-refractivity contribution in [1.82, 2.24) is 0 Å². The average molecular weight is 297 g/mol. The molecule has 0 bridgehead atoms. The van der Waals surface area contributed by atoms with Crippen LogP contribution < -0.4 is 0 Å². The molecule has 1 aliphatic rings. The van der Waals surface area contributed by atoms with Gasteiger partial charge in [0.1, 0.15) is 0 Å². The molecule has 0 atom stereocenters. The van der Waals surface area contributed by atoms with E-state index < -0.39 is 8.32 Å². The van der Waals surface area contributed by atoms with Gasteiger partial charge in [0.2, 0.25) is 8.32 Å². The van der Waals surface area contributed by atoms with E-state index >= 15 is 0 Å². The minimum absolute atomic E-state index is 1.18. The number of unbranched alkanes of at least 4 members (excludes halogenated alkanes) is 1. The Morgan fingerprint density at radius 2 is 1.55 bits per heavy atom. The van der Waals surface area contributed by atoms with Crippen molar-refractivity contribution in [1.29, 1.82) is 0 Å². The van der Waals surface area contributed by atoms with Crippen molar-refractivity contribution in [3.05, 3.63) is 11.8 Å². The zero-order chi connectivity index (χ0) is 14.7. The molecular formula is C18H36OSi. The van der Waals surface area contributed by atoms with E-state index in [2.05, 4.69) is 26.1 Å². The highest BCUT2D eigenvalue weighted by molar-refractivity contribution is 6.71. The quantitative estimate of drug-likeness (QED) is 0.506. The van der Waals surface area contributed by atoms with Crippen LogP contribution in [0.25, 0.3) is 0 Å². The predicted octanol–water partition coefficient (Wildman–Crippen LogP) is 6.81. The number of hydrogen-bond donors (Lipinski definition) is 0. The lowest BCUT2D eigenvalue weighted by Crippen LogP contribution is -2.29. The van der Waals surface area contributed by atoms with Crippen LogP contribution in [0.1, 0.15) is 84.0 Å². The Balaban J connectivity index is 2.48. The van der Waals surface area contributed by atoms with Gasteiger partial charge < -0.3 is 4.43 Å². The molecule has 0 amide bonds. The van der Waals surface area contributed by atoms with Crippen molar-refractivity contribution < 1.29 is 4.43 Å². The summed E-state index contributed by atoms with van der Waals surface area (Å²) in [6, 6.07) is 1.31. The molecule has 118 valence electrons. The second kappa shape index (κ2) is 10.5. The van der Waals surface area contributed by atoms with Crippen LogP contribution >= 0.6 is 0 Å². The van der Waals surface area contributed by atoms with Crippen LogP contribution in [0.3, 0.4) is 0 Å². The molecule has 0 aromatic rings. The molecule has 2 heteroatoms. The Kier molecular flexibility index (Phi) is 9.33. The molecule has 1 nitrogen and oxygen atoms in total. The molecule has 0 radical (unpaired) electrons. The third kappa shape index (κ3) is 8.83. The first-order chi connectivity index (χ1) is 9.64. The molecule has 0 saturated heterocycles. The van der Waals surface area contributed by atoms with Crippen LogP contribution in [0.5, 0.6) is 0 Å². The van der Waals surface area contributed by atoms with Crippen molar-refractivity contribution in [3.8, 4) is 0 Å². The van der Waals surface area contributed by atoms with Gasteiger partial charge in [-0.15, -0.1) is 0 Å². The van der Waals surface area contributed by atoms with Crippen molar-refractivity contribution in [2.45, 2.75) is 103 Å². The summed E-state index contributed by atoms with van der Waals surface area (Å²) in [7, 11) is -1.47. The number of allylic oxidation sites excluding steroid dienone is 2. The minimum atomic E-state index is -1.47. The molecule has 0 aliphatic heterocycles. The summed E-state index contributed by atoms with van der Waals surface area (Å²) in [4.78, 5) is 0. The largest absolute Gasteiger partial charge is 0.547 e. The van der Waals surface area contributed by atoms with E-state index in [4.69, 9.17) is 4.43 Å². The molecule has 0 fully saturated rings. The maximum absolute atomic E-state index is 6.48. The third-order valence-electron chi connectivity index (χ3n) is 4.29. The molecular weight excluding hydrogens is 260 g/mol. The second-order valence-corrected chi connectivity index (χ2v) is 11.2. The summed E-state index contributed by atoms with van der Waals surface area (Å²) in [6.07, 6.45) is 18.7. The Morgan fingerprint density at radius 3 is 2.20 bits per heavy atom. The van der Waals surface area contributed by atoms with Gasteiger partial charge in [-0.1, -0.05) is 58.3 Å². The van der Waals surface area contributed by atoms with E-state index in [1.165, 1.54) is 88.9 Å². The summed E-state index contributed by atoms with van der Waals surface area (Å²) in [5.74, 6) is 1.33. The SMILES string of the molecule is CCCC[Si](C)(C)O/C1=C/CCCCCCCCCC1. The summed E-state index contributed by atoms with van der Waals surface area (Å²) >= 11 is 0. The molecule has 0 N–H and O–H groups in total. The first kappa shape index (κ1) is 17.8. The maximum Gasteiger partial charge on any atom is 0.244 e. The Labute approximate surface area is 128 Å². The van der Waals surface area contributed by atoms with E-state index in [9.17, 15) is 0 Å². The lowest BCUT2D eigenvalue weighted by atomic mass is 10.0. The monoisotopic (exact) mass is 296 g/mol. The highest BCUT2D eigenvalue weighted by Crippen LogP contribution is 2.24. The summed E-state index contributed by atoms with van der Waals surface area (Å²) in [6.45, 7) is 7.05. The van der Waals surface area contributed by atoms with E-state index in [-0.39, 0.29) is 0 Å². The van der Waals surface area contributed by atoms with Crippen molar-refractivity contribution in [2.75, 3.05) is 0 Å². The highest BCUT2D eigenvalue weighted by Gasteiger charge is 2.24. The van der Waals surface area contributed by atoms with Crippen molar-refractivity contribution in [2.24, 2.45) is 0 Å². The van der Waals surface area contributed by atoms with Gasteiger partial charge in [-0.05, 0) is 44.5 Å². The normalized spacial score (nSPS) is 22.2. The molecule has 0 aromatic heterocycles. The fraction of sp³-hybridized carbons (Fsp3) is 0.889. The first-order valence-corrected chi connectivity index (χ1v) is 12.1. The first-order valence-electron chi connectivity index (χ1n) is 9.02. The summed E-state index contributed by atoms with van der Waals surface area (Å²) < 4.78 is 6.48. The van der Waals surface area contributed by atoms with Crippen LogP contribution in [-0.2, 0) is 4.43 Å². The van der Waals surface area contributed by atoms with Crippen LogP contribution in [0, 0.1) is 0 Å². The van der Waals surface area contributed by atoms with E-state index in [1.807, 2.05) is 0 Å². The number of rotatable bonds is 5. The molecule has 1 aliphatic carbocycles.